The molecule has 204 valence electrons. The molecule has 0 unspecified atom stereocenters. The maximum absolute atomic E-state index is 12.7. The van der Waals surface area contributed by atoms with Crippen LogP contribution in [0.5, 0.6) is 0 Å². The fourth-order valence-corrected chi connectivity index (χ4v) is 7.00. The normalized spacial score (nSPS) is 18.8. The number of hydrogen-bond acceptors (Lipinski definition) is 6. The molecule has 0 atom stereocenters. The summed E-state index contributed by atoms with van der Waals surface area (Å²) < 4.78 is 1.77. The number of likely N-dealkylation sites (tertiary alicyclic amines) is 1. The summed E-state index contributed by atoms with van der Waals surface area (Å²) in [4.78, 5) is 22.1. The summed E-state index contributed by atoms with van der Waals surface area (Å²) in [5, 5.41) is 21.3. The number of nitrogens with one attached hydrogen (secondary N) is 1. The van der Waals surface area contributed by atoms with Gasteiger partial charge in [-0.1, -0.05) is 12.8 Å². The van der Waals surface area contributed by atoms with Gasteiger partial charge in [-0.15, -0.1) is 0 Å². The number of pyridine rings is 2. The third kappa shape index (κ3) is 4.32. The molecule has 4 aromatic heterocycles. The third-order valence-corrected chi connectivity index (χ3v) is 9.42. The highest BCUT2D eigenvalue weighted by Gasteiger charge is 2.46. The van der Waals surface area contributed by atoms with Gasteiger partial charge in [-0.25, -0.2) is 9.50 Å². The van der Waals surface area contributed by atoms with Gasteiger partial charge in [0, 0.05) is 78.4 Å². The number of carbonyl (C=O) groups is 1. The number of nitriles is 1. The van der Waals surface area contributed by atoms with E-state index in [-0.39, 0.29) is 5.41 Å². The van der Waals surface area contributed by atoms with Crippen molar-refractivity contribution in [3.63, 3.8) is 0 Å². The standard InChI is InChI=1S/C31H34N8O/c1-21-27(17-34-36-21)24-13-26(30-25(14-32)16-35-39(30)18-24)23-6-7-28(33-15-23)37-10-8-31(9-11-37)19-38(20-31)29(40)12-22-4-2-3-5-22/h6-7,13,15-18,22H,2-5,8-12,19-20H2,1H3,(H,34,36). The first kappa shape index (κ1) is 24.8. The van der Waals surface area contributed by atoms with Crippen molar-refractivity contribution in [2.45, 2.75) is 51.9 Å². The minimum atomic E-state index is 0.286. The molecule has 1 N–H and O–H groups in total. The Balaban J connectivity index is 1.06. The van der Waals surface area contributed by atoms with E-state index >= 15 is 0 Å². The summed E-state index contributed by atoms with van der Waals surface area (Å²) in [7, 11) is 0. The van der Waals surface area contributed by atoms with Crippen LogP contribution in [0.25, 0.3) is 27.8 Å². The minimum absolute atomic E-state index is 0.286. The maximum atomic E-state index is 12.7. The minimum Gasteiger partial charge on any atom is -0.357 e. The van der Waals surface area contributed by atoms with Crippen molar-refractivity contribution >= 4 is 17.2 Å². The van der Waals surface area contributed by atoms with Crippen LogP contribution < -0.4 is 4.90 Å². The zero-order chi connectivity index (χ0) is 27.3. The van der Waals surface area contributed by atoms with Gasteiger partial charge in [0.25, 0.3) is 0 Å². The molecule has 1 amide bonds. The van der Waals surface area contributed by atoms with Gasteiger partial charge in [-0.2, -0.15) is 15.5 Å². The van der Waals surface area contributed by atoms with Crippen molar-refractivity contribution in [1.29, 1.82) is 5.26 Å². The molecule has 0 radical (unpaired) electrons. The maximum Gasteiger partial charge on any atom is 0.222 e. The van der Waals surface area contributed by atoms with E-state index in [1.165, 1.54) is 25.7 Å². The monoisotopic (exact) mass is 534 g/mol. The van der Waals surface area contributed by atoms with Crippen LogP contribution in [-0.2, 0) is 4.79 Å². The highest BCUT2D eigenvalue weighted by atomic mass is 16.2. The average Bonchev–Trinajstić information content (AvgIpc) is 3.72. The van der Waals surface area contributed by atoms with Crippen LogP contribution >= 0.6 is 0 Å². The third-order valence-electron chi connectivity index (χ3n) is 9.42. The molecular formula is C31H34N8O. The molecule has 1 saturated carbocycles. The first-order chi connectivity index (χ1) is 19.5. The average molecular weight is 535 g/mol. The Bertz CT molecular complexity index is 1590. The number of carbonyl (C=O) groups excluding carboxylic acids is 1. The molecule has 9 heteroatoms. The number of aromatic amines is 1. The van der Waals surface area contributed by atoms with Gasteiger partial charge in [0.05, 0.1) is 23.5 Å². The van der Waals surface area contributed by atoms with Crippen LogP contribution in [0.3, 0.4) is 0 Å². The molecule has 9 nitrogen and oxygen atoms in total. The zero-order valence-electron chi connectivity index (χ0n) is 22.9. The van der Waals surface area contributed by atoms with Crippen molar-refractivity contribution in [3.8, 4) is 28.3 Å². The molecular weight excluding hydrogens is 500 g/mol. The van der Waals surface area contributed by atoms with Crippen LogP contribution in [-0.4, -0.2) is 61.8 Å². The van der Waals surface area contributed by atoms with Gasteiger partial charge in [-0.05, 0) is 56.7 Å². The topological polar surface area (TPSA) is 106 Å². The molecule has 3 aliphatic rings. The number of piperidine rings is 1. The molecule has 1 spiro atoms. The highest BCUT2D eigenvalue weighted by Crippen LogP contribution is 2.42. The lowest BCUT2D eigenvalue weighted by atomic mass is 9.71. The quantitative estimate of drug-likeness (QED) is 0.387. The molecule has 0 aromatic carbocycles. The Labute approximate surface area is 233 Å². The van der Waals surface area contributed by atoms with E-state index in [4.69, 9.17) is 4.98 Å². The number of hydrogen-bond donors (Lipinski definition) is 1. The largest absolute Gasteiger partial charge is 0.357 e. The van der Waals surface area contributed by atoms with Crippen molar-refractivity contribution in [1.82, 2.24) is 29.7 Å². The summed E-state index contributed by atoms with van der Waals surface area (Å²) >= 11 is 0. The lowest BCUT2D eigenvalue weighted by Gasteiger charge is -2.54. The molecule has 4 aromatic rings. The lowest BCUT2D eigenvalue weighted by Crippen LogP contribution is -2.62. The van der Waals surface area contributed by atoms with E-state index in [1.54, 1.807) is 10.7 Å². The van der Waals surface area contributed by atoms with Crippen LogP contribution in [0.4, 0.5) is 5.82 Å². The molecule has 6 heterocycles. The number of amides is 1. The number of H-pyrrole nitrogens is 1. The molecule has 2 saturated heterocycles. The van der Waals surface area contributed by atoms with Crippen molar-refractivity contribution in [2.24, 2.45) is 11.3 Å². The van der Waals surface area contributed by atoms with E-state index in [9.17, 15) is 10.1 Å². The number of anilines is 1. The van der Waals surface area contributed by atoms with Crippen LogP contribution in [0.15, 0.2) is 43.0 Å². The van der Waals surface area contributed by atoms with Gasteiger partial charge in [0.2, 0.25) is 5.91 Å². The van der Waals surface area contributed by atoms with E-state index in [0.29, 0.717) is 17.4 Å². The Kier molecular flexibility index (Phi) is 6.06. The Hall–Kier alpha value is -4.19. The van der Waals surface area contributed by atoms with Crippen molar-refractivity contribution < 1.29 is 4.79 Å². The summed E-state index contributed by atoms with van der Waals surface area (Å²) in [5.41, 5.74) is 6.41. The fourth-order valence-electron chi connectivity index (χ4n) is 7.00. The molecule has 7 rings (SSSR count). The van der Waals surface area contributed by atoms with Gasteiger partial charge >= 0.3 is 0 Å². The Morgan fingerprint density at radius 2 is 1.90 bits per heavy atom. The summed E-state index contributed by atoms with van der Waals surface area (Å²) in [5.74, 6) is 1.96. The number of fused-ring (bicyclic) bond motifs is 1. The predicted octanol–water partition coefficient (Wildman–Crippen LogP) is 4.98. The van der Waals surface area contributed by atoms with E-state index in [1.807, 2.05) is 25.5 Å². The number of aromatic nitrogens is 5. The smallest absolute Gasteiger partial charge is 0.222 e. The van der Waals surface area contributed by atoms with E-state index < -0.39 is 0 Å². The van der Waals surface area contributed by atoms with Gasteiger partial charge in [0.1, 0.15) is 11.9 Å². The fraction of sp³-hybridized carbons (Fsp3) is 0.452. The lowest BCUT2D eigenvalue weighted by molar-refractivity contribution is -0.145. The van der Waals surface area contributed by atoms with Crippen LogP contribution in [0.2, 0.25) is 0 Å². The second-order valence-corrected chi connectivity index (χ2v) is 12.0. The van der Waals surface area contributed by atoms with E-state index in [0.717, 1.165) is 84.7 Å². The second kappa shape index (κ2) is 9.77. The van der Waals surface area contributed by atoms with Gasteiger partial charge < -0.3 is 9.80 Å². The summed E-state index contributed by atoms with van der Waals surface area (Å²) in [6.45, 7) is 5.75. The van der Waals surface area contributed by atoms with Gasteiger partial charge in [0.15, 0.2) is 0 Å². The van der Waals surface area contributed by atoms with Crippen LogP contribution in [0.1, 0.15) is 56.2 Å². The Morgan fingerprint density at radius 1 is 1.10 bits per heavy atom. The van der Waals surface area contributed by atoms with E-state index in [2.05, 4.69) is 49.4 Å². The first-order valence-corrected chi connectivity index (χ1v) is 14.4. The zero-order valence-corrected chi connectivity index (χ0v) is 22.9. The first-order valence-electron chi connectivity index (χ1n) is 14.4. The number of rotatable bonds is 5. The molecule has 2 aliphatic heterocycles. The van der Waals surface area contributed by atoms with Crippen molar-refractivity contribution in [2.75, 3.05) is 31.1 Å². The molecule has 3 fully saturated rings. The van der Waals surface area contributed by atoms with Gasteiger partial charge in [-0.3, -0.25) is 9.89 Å². The number of nitrogens with zero attached hydrogens (tertiary/aromatic N) is 7. The summed E-state index contributed by atoms with van der Waals surface area (Å²) in [6.07, 6.45) is 15.3. The summed E-state index contributed by atoms with van der Waals surface area (Å²) in [6, 6.07) is 8.55. The number of aryl methyl sites for hydroxylation is 1. The Morgan fingerprint density at radius 3 is 2.58 bits per heavy atom. The van der Waals surface area contributed by atoms with Crippen molar-refractivity contribution in [3.05, 3.63) is 54.2 Å². The predicted molar refractivity (Wildman–Crippen MR) is 152 cm³/mol. The molecule has 0 bridgehead atoms. The SMILES string of the molecule is Cc1[nH]ncc1-c1cc(-c2ccc(N3CCC4(CC3)CN(C(=O)CC3CCCC3)C4)nc2)c2c(C#N)cnn2c1. The second-order valence-electron chi connectivity index (χ2n) is 12.0. The molecule has 1 aliphatic carbocycles. The molecule has 40 heavy (non-hydrogen) atoms. The van der Waals surface area contributed by atoms with Crippen LogP contribution in [0, 0.1) is 29.6 Å². The highest BCUT2D eigenvalue weighted by molar-refractivity contribution is 5.87.